The Balaban J connectivity index is 1.80. The van der Waals surface area contributed by atoms with Gasteiger partial charge in [0.1, 0.15) is 12.6 Å². The number of hydrogen-bond acceptors (Lipinski definition) is 4. The van der Waals surface area contributed by atoms with Gasteiger partial charge >= 0.3 is 0 Å². The number of hydrogen-bond donors (Lipinski definition) is 1. The van der Waals surface area contributed by atoms with Crippen LogP contribution >= 0.6 is 23.2 Å². The zero-order valence-corrected chi connectivity index (χ0v) is 26.5. The van der Waals surface area contributed by atoms with Crippen molar-refractivity contribution in [2.75, 3.05) is 17.9 Å². The summed E-state index contributed by atoms with van der Waals surface area (Å²) in [5.74, 6) is -0.930. The SMILES string of the molecule is CNC(=O)C(Cc1ccccc1)N(Cc1cccc(C)c1)C(=O)CN(c1ccc(Cl)c(Cl)c1)S(=O)(=O)c1ccc(C)cc1. The predicted octanol–water partition coefficient (Wildman–Crippen LogP) is 6.19. The first-order chi connectivity index (χ1) is 20.5. The van der Waals surface area contributed by atoms with Crippen molar-refractivity contribution in [2.24, 2.45) is 0 Å². The van der Waals surface area contributed by atoms with Crippen LogP contribution in [0.4, 0.5) is 5.69 Å². The van der Waals surface area contributed by atoms with Gasteiger partial charge in [-0.2, -0.15) is 0 Å². The molecule has 0 spiro atoms. The van der Waals surface area contributed by atoms with Crippen molar-refractivity contribution in [1.82, 2.24) is 10.2 Å². The minimum absolute atomic E-state index is 0.00865. The lowest BCUT2D eigenvalue weighted by Crippen LogP contribution is -2.53. The lowest BCUT2D eigenvalue weighted by Gasteiger charge is -2.33. The summed E-state index contributed by atoms with van der Waals surface area (Å²) in [6.07, 6.45) is 0.232. The minimum Gasteiger partial charge on any atom is -0.357 e. The normalized spacial score (nSPS) is 11.9. The Hall–Kier alpha value is -3.85. The number of sulfonamides is 1. The van der Waals surface area contributed by atoms with Crippen molar-refractivity contribution in [1.29, 1.82) is 0 Å². The summed E-state index contributed by atoms with van der Waals surface area (Å²) in [6.45, 7) is 3.30. The van der Waals surface area contributed by atoms with Crippen LogP contribution in [-0.4, -0.2) is 44.8 Å². The molecular formula is C33H33Cl2N3O4S. The number of anilines is 1. The number of carbonyl (C=O) groups is 2. The van der Waals surface area contributed by atoms with Crippen molar-refractivity contribution < 1.29 is 18.0 Å². The highest BCUT2D eigenvalue weighted by atomic mass is 35.5. The summed E-state index contributed by atoms with van der Waals surface area (Å²) in [4.78, 5) is 29.1. The second kappa shape index (κ2) is 14.1. The van der Waals surface area contributed by atoms with E-state index >= 15 is 0 Å². The highest BCUT2D eigenvalue weighted by Gasteiger charge is 2.34. The molecule has 0 heterocycles. The molecule has 0 saturated heterocycles. The van der Waals surface area contributed by atoms with Gasteiger partial charge in [0.05, 0.1) is 20.6 Å². The molecule has 1 atom stereocenters. The van der Waals surface area contributed by atoms with E-state index in [0.29, 0.717) is 0 Å². The smallest absolute Gasteiger partial charge is 0.264 e. The molecule has 0 aliphatic rings. The standard InChI is InChI=1S/C33H33Cl2N3O4S/c1-23-12-15-28(16-13-23)43(41,42)38(27-14-17-29(34)30(35)20-27)22-32(39)37(21-26-11-7-8-24(2)18-26)31(33(40)36-3)19-25-9-5-4-6-10-25/h4-18,20,31H,19,21-22H2,1-3H3,(H,36,40). The molecule has 1 unspecified atom stereocenters. The Labute approximate surface area is 263 Å². The van der Waals surface area contributed by atoms with E-state index in [1.165, 1.54) is 42.3 Å². The first-order valence-corrected chi connectivity index (χ1v) is 15.8. The molecule has 0 aromatic heterocycles. The second-order valence-corrected chi connectivity index (χ2v) is 12.9. The van der Waals surface area contributed by atoms with Crippen LogP contribution in [0.5, 0.6) is 0 Å². The summed E-state index contributed by atoms with van der Waals surface area (Å²) in [5, 5.41) is 3.06. The van der Waals surface area contributed by atoms with E-state index in [1.54, 1.807) is 12.1 Å². The first kappa shape index (κ1) is 32.1. The highest BCUT2D eigenvalue weighted by Crippen LogP contribution is 2.31. The van der Waals surface area contributed by atoms with E-state index in [4.69, 9.17) is 23.2 Å². The van der Waals surface area contributed by atoms with Crippen LogP contribution in [0.15, 0.2) is 102 Å². The Bertz CT molecular complexity index is 1700. The van der Waals surface area contributed by atoms with E-state index in [2.05, 4.69) is 5.32 Å². The monoisotopic (exact) mass is 637 g/mol. The number of likely N-dealkylation sites (N-methyl/N-ethyl adjacent to an activating group) is 1. The molecule has 10 heteroatoms. The number of nitrogens with one attached hydrogen (secondary N) is 1. The second-order valence-electron chi connectivity index (χ2n) is 10.3. The van der Waals surface area contributed by atoms with Gasteiger partial charge in [0.15, 0.2) is 0 Å². The summed E-state index contributed by atoms with van der Waals surface area (Å²) in [7, 11) is -2.72. The van der Waals surface area contributed by atoms with Gasteiger partial charge in [-0.05, 0) is 55.3 Å². The number of amides is 2. The van der Waals surface area contributed by atoms with E-state index in [-0.39, 0.29) is 39.5 Å². The van der Waals surface area contributed by atoms with Crippen LogP contribution in [0.3, 0.4) is 0 Å². The van der Waals surface area contributed by atoms with E-state index in [0.717, 1.165) is 26.6 Å². The van der Waals surface area contributed by atoms with Crippen LogP contribution in [0.2, 0.25) is 10.0 Å². The van der Waals surface area contributed by atoms with Crippen molar-refractivity contribution >= 4 is 50.7 Å². The molecule has 224 valence electrons. The maximum atomic E-state index is 14.3. The number of rotatable bonds is 11. The third-order valence-corrected chi connectivity index (χ3v) is 9.56. The van der Waals surface area contributed by atoms with Gasteiger partial charge in [-0.15, -0.1) is 0 Å². The van der Waals surface area contributed by atoms with Gasteiger partial charge in [-0.3, -0.25) is 13.9 Å². The molecule has 0 saturated carbocycles. The Kier molecular flexibility index (Phi) is 10.5. The van der Waals surface area contributed by atoms with Crippen LogP contribution in [0.25, 0.3) is 0 Å². The molecule has 0 aliphatic heterocycles. The number of carbonyl (C=O) groups excluding carboxylic acids is 2. The maximum absolute atomic E-state index is 14.3. The summed E-state index contributed by atoms with van der Waals surface area (Å²) < 4.78 is 29.1. The molecule has 2 amide bonds. The van der Waals surface area contributed by atoms with E-state index < -0.39 is 28.5 Å². The topological polar surface area (TPSA) is 86.8 Å². The molecule has 0 radical (unpaired) electrons. The van der Waals surface area contributed by atoms with Gasteiger partial charge in [-0.25, -0.2) is 8.42 Å². The highest BCUT2D eigenvalue weighted by molar-refractivity contribution is 7.92. The predicted molar refractivity (Wildman–Crippen MR) is 172 cm³/mol. The zero-order chi connectivity index (χ0) is 31.1. The van der Waals surface area contributed by atoms with Gasteiger partial charge < -0.3 is 10.2 Å². The summed E-state index contributed by atoms with van der Waals surface area (Å²) in [5.41, 5.74) is 3.70. The number of halogens is 2. The molecule has 7 nitrogen and oxygen atoms in total. The lowest BCUT2D eigenvalue weighted by molar-refractivity contribution is -0.139. The molecule has 0 bridgehead atoms. The van der Waals surface area contributed by atoms with Crippen LogP contribution in [-0.2, 0) is 32.6 Å². The van der Waals surface area contributed by atoms with Gasteiger partial charge in [-0.1, -0.05) is 101 Å². The van der Waals surface area contributed by atoms with Gasteiger partial charge in [0, 0.05) is 20.0 Å². The van der Waals surface area contributed by atoms with Crippen LogP contribution in [0.1, 0.15) is 22.3 Å². The van der Waals surface area contributed by atoms with Gasteiger partial charge in [0.25, 0.3) is 10.0 Å². The van der Waals surface area contributed by atoms with Gasteiger partial charge in [0.2, 0.25) is 11.8 Å². The average molecular weight is 639 g/mol. The number of benzene rings is 4. The quantitative estimate of drug-likeness (QED) is 0.212. The number of aryl methyl sites for hydroxylation is 2. The molecule has 4 rings (SSSR count). The molecule has 4 aromatic rings. The van der Waals surface area contributed by atoms with Crippen LogP contribution < -0.4 is 9.62 Å². The average Bonchev–Trinajstić information content (AvgIpc) is 2.99. The van der Waals surface area contributed by atoms with E-state index in [9.17, 15) is 18.0 Å². The Morgan fingerprint density at radius 2 is 1.47 bits per heavy atom. The molecule has 4 aromatic carbocycles. The lowest BCUT2D eigenvalue weighted by atomic mass is 10.0. The van der Waals surface area contributed by atoms with Crippen molar-refractivity contribution in [3.8, 4) is 0 Å². The minimum atomic E-state index is -4.24. The molecule has 0 aliphatic carbocycles. The largest absolute Gasteiger partial charge is 0.357 e. The summed E-state index contributed by atoms with van der Waals surface area (Å²) >= 11 is 12.4. The van der Waals surface area contributed by atoms with Crippen LogP contribution in [0, 0.1) is 13.8 Å². The number of nitrogens with zero attached hydrogens (tertiary/aromatic N) is 2. The molecule has 1 N–H and O–H groups in total. The Morgan fingerprint density at radius 3 is 2.09 bits per heavy atom. The molecule has 0 fully saturated rings. The molecule has 43 heavy (non-hydrogen) atoms. The first-order valence-electron chi connectivity index (χ1n) is 13.6. The van der Waals surface area contributed by atoms with Crippen molar-refractivity contribution in [2.45, 2.75) is 37.8 Å². The van der Waals surface area contributed by atoms with E-state index in [1.807, 2.05) is 68.4 Å². The fourth-order valence-electron chi connectivity index (χ4n) is 4.73. The van der Waals surface area contributed by atoms with Crippen molar-refractivity contribution in [3.05, 3.63) is 129 Å². The summed E-state index contributed by atoms with van der Waals surface area (Å²) in [6, 6.07) is 26.8. The fourth-order valence-corrected chi connectivity index (χ4v) is 6.43. The maximum Gasteiger partial charge on any atom is 0.264 e. The third kappa shape index (κ3) is 7.96. The zero-order valence-electron chi connectivity index (χ0n) is 24.1. The fraction of sp³-hybridized carbons (Fsp3) is 0.212. The van der Waals surface area contributed by atoms with Crippen molar-refractivity contribution in [3.63, 3.8) is 0 Å². The molecular weight excluding hydrogens is 605 g/mol. The Morgan fingerprint density at radius 1 is 0.791 bits per heavy atom. The third-order valence-electron chi connectivity index (χ3n) is 7.03.